The number of amides is 6. The van der Waals surface area contributed by atoms with E-state index in [1.165, 1.54) is 11.8 Å². The van der Waals surface area contributed by atoms with Crippen LogP contribution in [0.4, 0.5) is 4.79 Å². The standard InChI is InChI=1S/C19H25N5O11/c1-3-22-6-7-23(16(30)15(22)29)18(33)21-12(9(2)25)13(27)20-10-8-34-24(14(10)28)19(17(31)32)5-4-11(26)35-19/h9-10,12,25H,3-8H2,1-2H3,(H,20,27)(H,21,33)(H,31,32)/t9-,10-,12+,19?/m0/s1. The fraction of sp³-hybridized carbons (Fsp3) is 0.632. The van der Waals surface area contributed by atoms with Crippen molar-refractivity contribution in [2.24, 2.45) is 0 Å². The van der Waals surface area contributed by atoms with E-state index in [2.05, 4.69) is 10.6 Å². The summed E-state index contributed by atoms with van der Waals surface area (Å²) in [6.45, 7) is 2.57. The molecule has 3 aliphatic heterocycles. The molecular formula is C19H25N5O11. The summed E-state index contributed by atoms with van der Waals surface area (Å²) in [7, 11) is 0. The number of esters is 1. The van der Waals surface area contributed by atoms with Gasteiger partial charge in [0.2, 0.25) is 5.91 Å². The summed E-state index contributed by atoms with van der Waals surface area (Å²) in [6, 6.07) is -4.17. The van der Waals surface area contributed by atoms with E-state index in [0.29, 0.717) is 9.96 Å². The first-order valence-corrected chi connectivity index (χ1v) is 10.7. The summed E-state index contributed by atoms with van der Waals surface area (Å²) < 4.78 is 4.82. The molecule has 0 spiro atoms. The van der Waals surface area contributed by atoms with Gasteiger partial charge in [-0.2, -0.15) is 5.06 Å². The Labute approximate surface area is 198 Å². The summed E-state index contributed by atoms with van der Waals surface area (Å²) in [5.74, 6) is -6.54. The van der Waals surface area contributed by atoms with Crippen molar-refractivity contribution < 1.29 is 53.3 Å². The Morgan fingerprint density at radius 1 is 1.17 bits per heavy atom. The molecule has 1 unspecified atom stereocenters. The number of piperazine rings is 1. The highest BCUT2D eigenvalue weighted by Gasteiger charge is 2.59. The second kappa shape index (κ2) is 9.83. The van der Waals surface area contributed by atoms with E-state index in [1.54, 1.807) is 6.92 Å². The van der Waals surface area contributed by atoms with Crippen LogP contribution in [-0.2, 0) is 38.3 Å². The molecule has 0 saturated carbocycles. The lowest BCUT2D eigenvalue weighted by Crippen LogP contribution is -2.63. The van der Waals surface area contributed by atoms with Crippen molar-refractivity contribution in [1.29, 1.82) is 0 Å². The lowest BCUT2D eigenvalue weighted by atomic mass is 10.1. The first-order valence-electron chi connectivity index (χ1n) is 10.7. The molecule has 0 aromatic heterocycles. The molecule has 3 saturated heterocycles. The minimum atomic E-state index is -2.38. The van der Waals surface area contributed by atoms with Crippen molar-refractivity contribution in [1.82, 2.24) is 25.5 Å². The van der Waals surface area contributed by atoms with Crippen LogP contribution < -0.4 is 10.6 Å². The van der Waals surface area contributed by atoms with Gasteiger partial charge in [0.15, 0.2) is 0 Å². The van der Waals surface area contributed by atoms with E-state index in [1.807, 2.05) is 0 Å². The molecule has 0 bridgehead atoms. The number of aliphatic carboxylic acids is 1. The number of carbonyl (C=O) groups excluding carboxylic acids is 6. The first-order chi connectivity index (χ1) is 16.4. The van der Waals surface area contributed by atoms with Gasteiger partial charge in [0.25, 0.3) is 5.91 Å². The normalized spacial score (nSPS) is 26.5. The molecule has 3 aliphatic rings. The van der Waals surface area contributed by atoms with Crippen LogP contribution in [0.2, 0.25) is 0 Å². The van der Waals surface area contributed by atoms with Gasteiger partial charge in [-0.3, -0.25) is 33.7 Å². The summed E-state index contributed by atoms with van der Waals surface area (Å²) >= 11 is 0. The summed E-state index contributed by atoms with van der Waals surface area (Å²) in [5.41, 5.74) is -2.38. The van der Waals surface area contributed by atoms with Gasteiger partial charge in [-0.1, -0.05) is 0 Å². The van der Waals surface area contributed by atoms with Crippen LogP contribution in [0.3, 0.4) is 0 Å². The molecule has 35 heavy (non-hydrogen) atoms. The van der Waals surface area contributed by atoms with Gasteiger partial charge in [0.1, 0.15) is 18.7 Å². The molecule has 4 atom stereocenters. The number of carbonyl (C=O) groups is 7. The monoisotopic (exact) mass is 499 g/mol. The predicted octanol–water partition coefficient (Wildman–Crippen LogP) is -3.49. The number of urea groups is 1. The smallest absolute Gasteiger partial charge is 0.372 e. The van der Waals surface area contributed by atoms with Gasteiger partial charge in [0, 0.05) is 26.1 Å². The Morgan fingerprint density at radius 2 is 1.86 bits per heavy atom. The van der Waals surface area contributed by atoms with Crippen LogP contribution >= 0.6 is 0 Å². The highest BCUT2D eigenvalue weighted by atomic mass is 16.7. The molecule has 0 aliphatic carbocycles. The Morgan fingerprint density at radius 3 is 2.40 bits per heavy atom. The van der Waals surface area contributed by atoms with E-state index in [0.717, 1.165) is 0 Å². The highest BCUT2D eigenvalue weighted by molar-refractivity contribution is 6.38. The number of nitrogens with zero attached hydrogens (tertiary/aromatic N) is 3. The number of nitrogens with one attached hydrogen (secondary N) is 2. The van der Waals surface area contributed by atoms with E-state index in [-0.39, 0.29) is 32.5 Å². The fourth-order valence-electron chi connectivity index (χ4n) is 3.80. The zero-order valence-electron chi connectivity index (χ0n) is 18.9. The number of carboxylic acid groups (broad SMARTS) is 1. The third-order valence-corrected chi connectivity index (χ3v) is 5.78. The maximum absolute atomic E-state index is 12.8. The SMILES string of the molecule is CCN1CCN(C(=O)N[C@@H](C(=O)N[C@H]2CON(C3(C(=O)O)CCC(=O)O3)C2=O)[C@H](C)O)C(=O)C1=O. The van der Waals surface area contributed by atoms with Crippen molar-refractivity contribution in [2.45, 2.75) is 50.6 Å². The van der Waals surface area contributed by atoms with Crippen LogP contribution in [0.25, 0.3) is 0 Å². The molecule has 3 fully saturated rings. The average Bonchev–Trinajstić information content (AvgIpc) is 3.36. The Hall–Kier alpha value is -3.79. The highest BCUT2D eigenvalue weighted by Crippen LogP contribution is 2.34. The van der Waals surface area contributed by atoms with Crippen LogP contribution in [-0.4, -0.2) is 117 Å². The van der Waals surface area contributed by atoms with Crippen LogP contribution in [0.15, 0.2) is 0 Å². The quantitative estimate of drug-likeness (QED) is 0.199. The van der Waals surface area contributed by atoms with Gasteiger partial charge in [-0.05, 0) is 13.8 Å². The minimum Gasteiger partial charge on any atom is -0.477 e. The van der Waals surface area contributed by atoms with Crippen LogP contribution in [0.1, 0.15) is 26.7 Å². The van der Waals surface area contributed by atoms with Crippen molar-refractivity contribution in [2.75, 3.05) is 26.2 Å². The summed E-state index contributed by atoms with van der Waals surface area (Å²) in [6.07, 6.45) is -2.12. The second-order valence-corrected chi connectivity index (χ2v) is 8.06. The van der Waals surface area contributed by atoms with Crippen molar-refractivity contribution in [3.05, 3.63) is 0 Å². The topological polar surface area (TPSA) is 212 Å². The number of cyclic esters (lactones) is 1. The molecule has 16 nitrogen and oxygen atoms in total. The Kier molecular flexibility index (Phi) is 7.25. The number of aliphatic hydroxyl groups is 1. The zero-order valence-corrected chi connectivity index (χ0v) is 18.9. The Balaban J connectivity index is 1.66. The lowest BCUT2D eigenvalue weighted by molar-refractivity contribution is -0.256. The molecule has 4 N–H and O–H groups in total. The molecular weight excluding hydrogens is 474 g/mol. The fourth-order valence-corrected chi connectivity index (χ4v) is 3.80. The first kappa shape index (κ1) is 25.8. The average molecular weight is 499 g/mol. The molecule has 3 heterocycles. The molecule has 0 radical (unpaired) electrons. The van der Waals surface area contributed by atoms with Gasteiger partial charge in [0.05, 0.1) is 12.5 Å². The molecule has 192 valence electrons. The molecule has 3 rings (SSSR count). The van der Waals surface area contributed by atoms with E-state index >= 15 is 0 Å². The predicted molar refractivity (Wildman–Crippen MR) is 108 cm³/mol. The number of hydrogen-bond donors (Lipinski definition) is 4. The van der Waals surface area contributed by atoms with Gasteiger partial charge in [-0.25, -0.2) is 9.59 Å². The number of carboxylic acids is 1. The van der Waals surface area contributed by atoms with Crippen molar-refractivity contribution in [3.63, 3.8) is 0 Å². The maximum atomic E-state index is 12.8. The number of imide groups is 1. The van der Waals surface area contributed by atoms with Gasteiger partial charge >= 0.3 is 35.5 Å². The number of hydrogen-bond acceptors (Lipinski definition) is 10. The van der Waals surface area contributed by atoms with Crippen LogP contribution in [0.5, 0.6) is 0 Å². The third-order valence-electron chi connectivity index (χ3n) is 5.78. The number of rotatable bonds is 7. The zero-order chi connectivity index (χ0) is 26.1. The molecule has 16 heteroatoms. The van der Waals surface area contributed by atoms with E-state index < -0.39 is 72.1 Å². The molecule has 6 amide bonds. The second-order valence-electron chi connectivity index (χ2n) is 8.06. The largest absolute Gasteiger partial charge is 0.477 e. The lowest BCUT2D eigenvalue weighted by Gasteiger charge is -2.33. The van der Waals surface area contributed by atoms with E-state index in [4.69, 9.17) is 9.57 Å². The summed E-state index contributed by atoms with van der Waals surface area (Å²) in [4.78, 5) is 92.4. The van der Waals surface area contributed by atoms with Crippen molar-refractivity contribution >= 4 is 41.6 Å². The number of hydroxylamine groups is 2. The van der Waals surface area contributed by atoms with Crippen molar-refractivity contribution in [3.8, 4) is 0 Å². The third kappa shape index (κ3) is 4.74. The number of ether oxygens (including phenoxy) is 1. The van der Waals surface area contributed by atoms with E-state index in [9.17, 15) is 43.8 Å². The summed E-state index contributed by atoms with van der Waals surface area (Å²) in [5, 5.41) is 24.3. The maximum Gasteiger partial charge on any atom is 0.372 e. The number of likely N-dealkylation sites (N-methyl/N-ethyl adjacent to an activating group) is 1. The Bertz CT molecular complexity index is 969. The van der Waals surface area contributed by atoms with Crippen LogP contribution in [0, 0.1) is 0 Å². The minimum absolute atomic E-state index is 0.0969. The van der Waals surface area contributed by atoms with Gasteiger partial charge < -0.3 is 30.5 Å². The molecule has 0 aromatic carbocycles. The molecule has 0 aromatic rings. The van der Waals surface area contributed by atoms with Gasteiger partial charge in [-0.15, -0.1) is 0 Å². The number of aliphatic hydroxyl groups excluding tert-OH is 1.